The van der Waals surface area contributed by atoms with Crippen molar-refractivity contribution < 1.29 is 84.1 Å². The first-order valence-electron chi connectivity index (χ1n) is 10.4. The molecule has 0 radical (unpaired) electrons. The van der Waals surface area contributed by atoms with Crippen molar-refractivity contribution in [1.29, 1.82) is 0 Å². The third-order valence-electron chi connectivity index (χ3n) is 5.17. The summed E-state index contributed by atoms with van der Waals surface area (Å²) in [6, 6.07) is 3.94. The molecule has 0 saturated carbocycles. The number of hydrogen-bond acceptors (Lipinski definition) is 2. The summed E-state index contributed by atoms with van der Waals surface area (Å²) in [7, 11) is 0.525. The average molecular weight is 626 g/mol. The van der Waals surface area contributed by atoms with Crippen LogP contribution in [0.4, 0.5) is 74.6 Å². The molecule has 19 heteroatoms. The van der Waals surface area contributed by atoms with Crippen LogP contribution >= 0.6 is 0 Å². The highest BCUT2D eigenvalue weighted by atomic mass is 19.4. The molecular weight excluding hydrogens is 607 g/mol. The molecule has 1 aromatic carbocycles. The van der Waals surface area contributed by atoms with Gasteiger partial charge in [-0.1, -0.05) is 12.1 Å². The van der Waals surface area contributed by atoms with Crippen molar-refractivity contribution in [3.8, 4) is 5.75 Å². The van der Waals surface area contributed by atoms with Gasteiger partial charge in [0.05, 0.1) is 6.10 Å². The Morgan fingerprint density at radius 3 is 1.38 bits per heavy atom. The van der Waals surface area contributed by atoms with E-state index in [-0.39, 0.29) is 5.75 Å². The van der Waals surface area contributed by atoms with Crippen molar-refractivity contribution in [2.45, 2.75) is 86.5 Å². The van der Waals surface area contributed by atoms with Crippen LogP contribution in [-0.2, 0) is 4.74 Å². The van der Waals surface area contributed by atoms with Gasteiger partial charge in [0.1, 0.15) is 11.4 Å². The van der Waals surface area contributed by atoms with Crippen LogP contribution < -0.4 is 4.74 Å². The van der Waals surface area contributed by atoms with Gasteiger partial charge in [0.2, 0.25) is 0 Å². The second-order valence-electron chi connectivity index (χ2n) is 9.36. The molecular formula is C21H19F17O2. The SMILES string of the molecule is COC(CC(F)(F)C(F)(F)C(F)(F)C(F)(F)C(F)(F)C(F)(F)C(F)(F)C(F)(F)F)c1cccc(OC(C)(C)C)c1. The van der Waals surface area contributed by atoms with Gasteiger partial charge in [-0.25, -0.2) is 0 Å². The molecule has 2 nitrogen and oxygen atoms in total. The third-order valence-corrected chi connectivity index (χ3v) is 5.17. The van der Waals surface area contributed by atoms with E-state index in [2.05, 4.69) is 4.74 Å². The van der Waals surface area contributed by atoms with E-state index in [9.17, 15) is 74.6 Å². The van der Waals surface area contributed by atoms with Crippen molar-refractivity contribution in [3.05, 3.63) is 29.8 Å². The van der Waals surface area contributed by atoms with Gasteiger partial charge in [0, 0.05) is 13.5 Å². The monoisotopic (exact) mass is 626 g/mol. The Morgan fingerprint density at radius 2 is 1.00 bits per heavy atom. The molecule has 0 fully saturated rings. The second-order valence-corrected chi connectivity index (χ2v) is 9.36. The highest BCUT2D eigenvalue weighted by Gasteiger charge is 2.95. The normalized spacial score (nSPS) is 16.2. The zero-order valence-corrected chi connectivity index (χ0v) is 20.3. The van der Waals surface area contributed by atoms with Crippen LogP contribution in [0, 0.1) is 0 Å². The number of benzene rings is 1. The van der Waals surface area contributed by atoms with Gasteiger partial charge >= 0.3 is 47.6 Å². The fourth-order valence-corrected chi connectivity index (χ4v) is 3.03. The lowest BCUT2D eigenvalue weighted by Gasteiger charge is -2.43. The molecule has 0 amide bonds. The summed E-state index contributed by atoms with van der Waals surface area (Å²) in [4.78, 5) is 0. The van der Waals surface area contributed by atoms with Crippen LogP contribution in [0.1, 0.15) is 38.9 Å². The van der Waals surface area contributed by atoms with Crippen molar-refractivity contribution >= 4 is 0 Å². The number of rotatable bonds is 11. The van der Waals surface area contributed by atoms with Gasteiger partial charge in [0.25, 0.3) is 0 Å². The number of ether oxygens (including phenoxy) is 2. The van der Waals surface area contributed by atoms with Gasteiger partial charge in [-0.3, -0.25) is 0 Å². The Hall–Kier alpha value is -2.21. The van der Waals surface area contributed by atoms with E-state index in [0.717, 1.165) is 18.2 Å². The lowest BCUT2D eigenvalue weighted by atomic mass is 9.87. The van der Waals surface area contributed by atoms with Crippen LogP contribution in [0.2, 0.25) is 0 Å². The van der Waals surface area contributed by atoms with Crippen molar-refractivity contribution in [2.75, 3.05) is 7.11 Å². The first-order valence-corrected chi connectivity index (χ1v) is 10.4. The molecule has 1 rings (SSSR count). The summed E-state index contributed by atoms with van der Waals surface area (Å²) in [5, 5.41) is 0. The maximum absolute atomic E-state index is 14.4. The Bertz CT molecular complexity index is 1020. The van der Waals surface area contributed by atoms with E-state index in [1.54, 1.807) is 0 Å². The molecule has 0 bridgehead atoms. The molecule has 40 heavy (non-hydrogen) atoms. The fourth-order valence-electron chi connectivity index (χ4n) is 3.03. The Balaban J connectivity index is 3.56. The molecule has 0 aliphatic carbocycles. The van der Waals surface area contributed by atoms with Crippen LogP contribution in [0.15, 0.2) is 24.3 Å². The van der Waals surface area contributed by atoms with Gasteiger partial charge in [-0.15, -0.1) is 0 Å². The molecule has 0 aliphatic rings. The van der Waals surface area contributed by atoms with E-state index in [1.165, 1.54) is 26.8 Å². The van der Waals surface area contributed by atoms with Crippen LogP contribution in [-0.4, -0.2) is 60.3 Å². The minimum absolute atomic E-state index is 0.147. The summed E-state index contributed by atoms with van der Waals surface area (Å²) in [6.45, 7) is 4.48. The maximum Gasteiger partial charge on any atom is 0.460 e. The molecule has 1 unspecified atom stereocenters. The van der Waals surface area contributed by atoms with E-state index in [0.29, 0.717) is 7.11 Å². The van der Waals surface area contributed by atoms with Gasteiger partial charge in [-0.2, -0.15) is 74.6 Å². The van der Waals surface area contributed by atoms with Crippen molar-refractivity contribution in [2.24, 2.45) is 0 Å². The third kappa shape index (κ3) is 5.75. The largest absolute Gasteiger partial charge is 0.488 e. The topological polar surface area (TPSA) is 18.5 Å². The van der Waals surface area contributed by atoms with Crippen LogP contribution in [0.3, 0.4) is 0 Å². The van der Waals surface area contributed by atoms with Gasteiger partial charge in [-0.05, 0) is 38.5 Å². The highest BCUT2D eigenvalue weighted by molar-refractivity contribution is 5.31. The Labute approximate surface area is 214 Å². The van der Waals surface area contributed by atoms with Crippen LogP contribution in [0.25, 0.3) is 0 Å². The second kappa shape index (κ2) is 10.3. The lowest BCUT2D eigenvalue weighted by molar-refractivity contribution is -0.462. The number of halogens is 17. The first kappa shape index (κ1) is 35.8. The Morgan fingerprint density at radius 1 is 0.600 bits per heavy atom. The average Bonchev–Trinajstić information content (AvgIpc) is 2.74. The fraction of sp³-hybridized carbons (Fsp3) is 0.714. The quantitative estimate of drug-likeness (QED) is 0.229. The molecule has 0 aliphatic heterocycles. The predicted octanol–water partition coefficient (Wildman–Crippen LogP) is 8.95. The van der Waals surface area contributed by atoms with E-state index < -0.39 is 71.3 Å². The minimum atomic E-state index is -8.67. The van der Waals surface area contributed by atoms with Crippen molar-refractivity contribution in [1.82, 2.24) is 0 Å². The maximum atomic E-state index is 14.4. The standard InChI is InChI=1S/C21H19F17O2/c1-13(2,3)40-11-7-5-6-10(8-11)12(39-4)9-14(22,23)15(24,25)16(26,27)17(28,29)18(30,31)19(32,33)20(34,35)21(36,37)38/h5-8,12H,9H2,1-4H3. The molecule has 0 spiro atoms. The predicted molar refractivity (Wildman–Crippen MR) is 102 cm³/mol. The zero-order chi connectivity index (χ0) is 32.2. The summed E-state index contributed by atoms with van der Waals surface area (Å²) in [6.07, 6.45) is -13.0. The molecule has 1 atom stereocenters. The smallest absolute Gasteiger partial charge is 0.460 e. The minimum Gasteiger partial charge on any atom is -0.488 e. The van der Waals surface area contributed by atoms with E-state index >= 15 is 0 Å². The number of alkyl halides is 17. The van der Waals surface area contributed by atoms with E-state index in [4.69, 9.17) is 4.74 Å². The zero-order valence-electron chi connectivity index (χ0n) is 20.3. The number of methoxy groups -OCH3 is 1. The molecule has 0 N–H and O–H groups in total. The van der Waals surface area contributed by atoms with Crippen molar-refractivity contribution in [3.63, 3.8) is 0 Å². The molecule has 0 saturated heterocycles. The highest BCUT2D eigenvalue weighted by Crippen LogP contribution is 2.64. The summed E-state index contributed by atoms with van der Waals surface area (Å²) >= 11 is 0. The van der Waals surface area contributed by atoms with Crippen LogP contribution in [0.5, 0.6) is 5.75 Å². The molecule has 0 heterocycles. The van der Waals surface area contributed by atoms with Gasteiger partial charge < -0.3 is 9.47 Å². The molecule has 0 aromatic heterocycles. The van der Waals surface area contributed by atoms with E-state index in [1.807, 2.05) is 0 Å². The summed E-state index contributed by atoms with van der Waals surface area (Å²) in [5.41, 5.74) is -1.50. The molecule has 234 valence electrons. The summed E-state index contributed by atoms with van der Waals surface area (Å²) in [5.74, 6) is -56.9. The number of hydrogen-bond donors (Lipinski definition) is 0. The first-order chi connectivity index (χ1) is 17.4. The lowest BCUT2D eigenvalue weighted by Crippen LogP contribution is -2.74. The Kier molecular flexibility index (Phi) is 9.18. The molecule has 1 aromatic rings. The summed E-state index contributed by atoms with van der Waals surface area (Å²) < 4.78 is 239. The van der Waals surface area contributed by atoms with Gasteiger partial charge in [0.15, 0.2) is 0 Å².